The van der Waals surface area contributed by atoms with E-state index in [1.165, 1.54) is 36.1 Å². The normalized spacial score (nSPS) is 19.1. The average molecular weight is 295 g/mol. The van der Waals surface area contributed by atoms with E-state index in [0.29, 0.717) is 12.8 Å². The van der Waals surface area contributed by atoms with Gasteiger partial charge in [-0.2, -0.15) is 0 Å². The molecule has 0 spiro atoms. The van der Waals surface area contributed by atoms with Crippen LogP contribution in [0.3, 0.4) is 0 Å². The van der Waals surface area contributed by atoms with Crippen LogP contribution < -0.4 is 14.4 Å². The van der Waals surface area contributed by atoms with Crippen LogP contribution in [-0.4, -0.2) is 19.9 Å². The number of nitrogens with zero attached hydrogens (tertiary/aromatic N) is 1. The van der Waals surface area contributed by atoms with E-state index in [1.807, 2.05) is 6.07 Å². The number of rotatable bonds is 3. The van der Waals surface area contributed by atoms with E-state index in [2.05, 4.69) is 48.3 Å². The van der Waals surface area contributed by atoms with Gasteiger partial charge in [-0.05, 0) is 55.0 Å². The van der Waals surface area contributed by atoms with Crippen LogP contribution >= 0.6 is 0 Å². The molecular weight excluding hydrogens is 274 g/mol. The Balaban J connectivity index is 1.44. The quantitative estimate of drug-likeness (QED) is 0.859. The fourth-order valence-corrected chi connectivity index (χ4v) is 3.55. The molecule has 0 fully saturated rings. The second-order valence-electron chi connectivity index (χ2n) is 6.16. The third-order valence-electron chi connectivity index (χ3n) is 4.87. The third-order valence-corrected chi connectivity index (χ3v) is 4.87. The fourth-order valence-electron chi connectivity index (χ4n) is 3.55. The molecule has 1 unspecified atom stereocenters. The molecule has 22 heavy (non-hydrogen) atoms. The molecule has 3 nitrogen and oxygen atoms in total. The second kappa shape index (κ2) is 5.56. The van der Waals surface area contributed by atoms with Gasteiger partial charge in [-0.1, -0.05) is 24.3 Å². The van der Waals surface area contributed by atoms with Gasteiger partial charge in [0.25, 0.3) is 0 Å². The lowest BCUT2D eigenvalue weighted by Crippen LogP contribution is -2.36. The van der Waals surface area contributed by atoms with Gasteiger partial charge in [-0.15, -0.1) is 0 Å². The first-order valence-electron chi connectivity index (χ1n) is 8.00. The maximum absolute atomic E-state index is 5.47. The first-order valence-corrected chi connectivity index (χ1v) is 8.00. The summed E-state index contributed by atoms with van der Waals surface area (Å²) in [5, 5.41) is 0. The molecule has 4 rings (SSSR count). The Morgan fingerprint density at radius 2 is 1.95 bits per heavy atom. The van der Waals surface area contributed by atoms with Gasteiger partial charge in [0, 0.05) is 18.8 Å². The molecule has 0 saturated heterocycles. The molecule has 0 aliphatic carbocycles. The minimum absolute atomic E-state index is 0.348. The smallest absolute Gasteiger partial charge is 0.231 e. The van der Waals surface area contributed by atoms with Gasteiger partial charge in [-0.25, -0.2) is 0 Å². The number of hydrogen-bond acceptors (Lipinski definition) is 3. The summed E-state index contributed by atoms with van der Waals surface area (Å²) in [5.41, 5.74) is 4.20. The molecule has 2 aliphatic heterocycles. The van der Waals surface area contributed by atoms with Crippen molar-refractivity contribution in [3.8, 4) is 11.5 Å². The van der Waals surface area contributed by atoms with E-state index in [-0.39, 0.29) is 0 Å². The first-order chi connectivity index (χ1) is 10.8. The molecule has 2 aromatic rings. The maximum Gasteiger partial charge on any atom is 0.231 e. The maximum atomic E-state index is 5.47. The number of para-hydroxylation sites is 1. The lowest BCUT2D eigenvalue weighted by atomic mass is 9.92. The highest BCUT2D eigenvalue weighted by Gasteiger charge is 2.23. The lowest BCUT2D eigenvalue weighted by Gasteiger charge is -2.36. The summed E-state index contributed by atoms with van der Waals surface area (Å²) in [6.45, 7) is 0.348. The number of anilines is 1. The van der Waals surface area contributed by atoms with E-state index >= 15 is 0 Å². The highest BCUT2D eigenvalue weighted by atomic mass is 16.7. The zero-order chi connectivity index (χ0) is 14.9. The molecule has 2 aliphatic rings. The van der Waals surface area contributed by atoms with E-state index in [9.17, 15) is 0 Å². The highest BCUT2D eigenvalue weighted by Crippen LogP contribution is 2.34. The van der Waals surface area contributed by atoms with Gasteiger partial charge < -0.3 is 14.4 Å². The zero-order valence-electron chi connectivity index (χ0n) is 12.9. The number of benzene rings is 2. The molecule has 3 heteroatoms. The van der Waals surface area contributed by atoms with Gasteiger partial charge in [0.2, 0.25) is 6.79 Å². The Morgan fingerprint density at radius 1 is 1.09 bits per heavy atom. The Hall–Kier alpha value is -2.16. The number of fused-ring (bicyclic) bond motifs is 2. The van der Waals surface area contributed by atoms with E-state index in [4.69, 9.17) is 9.47 Å². The number of aryl methyl sites for hydroxylation is 2. The van der Waals surface area contributed by atoms with Gasteiger partial charge in [0.05, 0.1) is 0 Å². The third kappa shape index (κ3) is 2.41. The Kier molecular flexibility index (Phi) is 3.41. The Morgan fingerprint density at radius 3 is 2.91 bits per heavy atom. The highest BCUT2D eigenvalue weighted by molar-refractivity contribution is 5.55. The van der Waals surface area contributed by atoms with Crippen LogP contribution in [0.2, 0.25) is 0 Å². The molecule has 0 bridgehead atoms. The van der Waals surface area contributed by atoms with E-state index < -0.39 is 0 Å². The van der Waals surface area contributed by atoms with Crippen molar-refractivity contribution < 1.29 is 9.47 Å². The first kappa shape index (κ1) is 13.5. The van der Waals surface area contributed by atoms with Crippen LogP contribution in [0.15, 0.2) is 42.5 Å². The molecule has 0 radical (unpaired) electrons. The van der Waals surface area contributed by atoms with Crippen molar-refractivity contribution in [2.45, 2.75) is 31.7 Å². The molecular formula is C19H21NO2. The van der Waals surface area contributed by atoms with Gasteiger partial charge in [0.1, 0.15) is 0 Å². The van der Waals surface area contributed by atoms with Crippen molar-refractivity contribution in [2.75, 3.05) is 18.7 Å². The van der Waals surface area contributed by atoms with Crippen molar-refractivity contribution in [1.82, 2.24) is 0 Å². The predicted molar refractivity (Wildman–Crippen MR) is 87.8 cm³/mol. The summed E-state index contributed by atoms with van der Waals surface area (Å²) in [7, 11) is 2.22. The molecule has 1 atom stereocenters. The summed E-state index contributed by atoms with van der Waals surface area (Å²) in [6, 6.07) is 15.7. The molecule has 114 valence electrons. The van der Waals surface area contributed by atoms with Gasteiger partial charge in [0.15, 0.2) is 11.5 Å². The average Bonchev–Trinajstić information content (AvgIpc) is 3.02. The zero-order valence-corrected chi connectivity index (χ0v) is 12.9. The van der Waals surface area contributed by atoms with Crippen molar-refractivity contribution in [3.63, 3.8) is 0 Å². The molecule has 2 aromatic carbocycles. The van der Waals surface area contributed by atoms with Gasteiger partial charge in [-0.3, -0.25) is 0 Å². The van der Waals surface area contributed by atoms with Crippen LogP contribution in [0.1, 0.15) is 24.0 Å². The molecule has 0 aromatic heterocycles. The van der Waals surface area contributed by atoms with E-state index in [0.717, 1.165) is 17.9 Å². The molecule has 0 saturated carbocycles. The largest absolute Gasteiger partial charge is 0.454 e. The fraction of sp³-hybridized carbons (Fsp3) is 0.368. The van der Waals surface area contributed by atoms with Crippen LogP contribution in [0, 0.1) is 0 Å². The van der Waals surface area contributed by atoms with Crippen molar-refractivity contribution in [2.24, 2.45) is 0 Å². The standard InChI is InChI=1S/C19H21NO2/c1-20-16(10-8-15-4-2-3-5-17(15)20)9-6-14-7-11-18-19(12-14)22-13-21-18/h2-5,7,11-12,16H,6,8-10,13H2,1H3. The Labute approximate surface area is 131 Å². The lowest BCUT2D eigenvalue weighted by molar-refractivity contribution is 0.174. The summed E-state index contributed by atoms with van der Waals surface area (Å²) in [5.74, 6) is 1.76. The van der Waals surface area contributed by atoms with Crippen LogP contribution in [0.25, 0.3) is 0 Å². The monoisotopic (exact) mass is 295 g/mol. The van der Waals surface area contributed by atoms with E-state index in [1.54, 1.807) is 0 Å². The van der Waals surface area contributed by atoms with Crippen LogP contribution in [0.5, 0.6) is 11.5 Å². The molecule has 0 amide bonds. The van der Waals surface area contributed by atoms with Crippen molar-refractivity contribution in [1.29, 1.82) is 0 Å². The predicted octanol–water partition coefficient (Wildman–Crippen LogP) is 3.80. The second-order valence-corrected chi connectivity index (χ2v) is 6.16. The molecule has 0 N–H and O–H groups in total. The topological polar surface area (TPSA) is 21.7 Å². The summed E-state index contributed by atoms with van der Waals surface area (Å²) < 4.78 is 10.8. The summed E-state index contributed by atoms with van der Waals surface area (Å²) in [4.78, 5) is 2.45. The van der Waals surface area contributed by atoms with Gasteiger partial charge >= 0.3 is 0 Å². The van der Waals surface area contributed by atoms with Crippen molar-refractivity contribution >= 4 is 5.69 Å². The van der Waals surface area contributed by atoms with Crippen LogP contribution in [0.4, 0.5) is 5.69 Å². The summed E-state index contributed by atoms with van der Waals surface area (Å²) >= 11 is 0. The number of ether oxygens (including phenoxy) is 2. The minimum Gasteiger partial charge on any atom is -0.454 e. The Bertz CT molecular complexity index is 683. The SMILES string of the molecule is CN1c2ccccc2CCC1CCc1ccc2c(c1)OCO2. The van der Waals surface area contributed by atoms with Crippen molar-refractivity contribution in [3.05, 3.63) is 53.6 Å². The number of hydrogen-bond donors (Lipinski definition) is 0. The molecule has 2 heterocycles. The van der Waals surface area contributed by atoms with Crippen LogP contribution in [-0.2, 0) is 12.8 Å². The minimum atomic E-state index is 0.348. The summed E-state index contributed by atoms with van der Waals surface area (Å²) in [6.07, 6.45) is 4.67.